The van der Waals surface area contributed by atoms with Crippen LogP contribution >= 0.6 is 0 Å². The van der Waals surface area contributed by atoms with E-state index < -0.39 is 0 Å². The molecule has 0 amide bonds. The Morgan fingerprint density at radius 1 is 1.48 bits per heavy atom. The van der Waals surface area contributed by atoms with E-state index in [-0.39, 0.29) is 6.10 Å². The maximum atomic E-state index is 8.81. The SMILES string of the molecule is COc1cc(C(C)=NO)ccc1OCC1CN(C)CCO1. The van der Waals surface area contributed by atoms with Crippen molar-refractivity contribution in [3.63, 3.8) is 0 Å². The smallest absolute Gasteiger partial charge is 0.161 e. The lowest BCUT2D eigenvalue weighted by atomic mass is 10.1. The molecule has 6 nitrogen and oxygen atoms in total. The minimum atomic E-state index is 0.0638. The molecule has 0 spiro atoms. The standard InChI is InChI=1S/C15H22N2O4/c1-11(16-18)12-4-5-14(15(8-12)19-3)21-10-13-9-17(2)6-7-20-13/h4-5,8,13,18H,6-7,9-10H2,1-3H3. The average Bonchev–Trinajstić information content (AvgIpc) is 2.52. The predicted octanol–water partition coefficient (Wildman–Crippen LogP) is 1.60. The van der Waals surface area contributed by atoms with Crippen LogP contribution in [0.4, 0.5) is 0 Å². The third-order valence-electron chi connectivity index (χ3n) is 3.50. The molecule has 0 aromatic heterocycles. The number of ether oxygens (including phenoxy) is 3. The Bertz CT molecular complexity index is 504. The molecule has 1 N–H and O–H groups in total. The van der Waals surface area contributed by atoms with Crippen LogP contribution in [0.25, 0.3) is 0 Å². The molecule has 2 rings (SSSR count). The molecule has 1 aromatic rings. The lowest BCUT2D eigenvalue weighted by molar-refractivity contribution is -0.0406. The lowest BCUT2D eigenvalue weighted by Gasteiger charge is -2.30. The van der Waals surface area contributed by atoms with E-state index in [0.717, 1.165) is 25.3 Å². The molecule has 1 aliphatic rings. The fourth-order valence-electron chi connectivity index (χ4n) is 2.22. The van der Waals surface area contributed by atoms with Gasteiger partial charge in [-0.3, -0.25) is 0 Å². The van der Waals surface area contributed by atoms with E-state index in [1.165, 1.54) is 0 Å². The van der Waals surface area contributed by atoms with E-state index >= 15 is 0 Å². The van der Waals surface area contributed by atoms with Gasteiger partial charge in [0.25, 0.3) is 0 Å². The number of likely N-dealkylation sites (N-methyl/N-ethyl adjacent to an activating group) is 1. The number of benzene rings is 1. The maximum absolute atomic E-state index is 8.81. The maximum Gasteiger partial charge on any atom is 0.161 e. The molecule has 1 aliphatic heterocycles. The third kappa shape index (κ3) is 4.09. The van der Waals surface area contributed by atoms with Crippen LogP contribution in [0.1, 0.15) is 12.5 Å². The summed E-state index contributed by atoms with van der Waals surface area (Å²) in [6.45, 7) is 4.74. The number of oxime groups is 1. The molecule has 0 aliphatic carbocycles. The Hall–Kier alpha value is -1.79. The number of hydrogen-bond donors (Lipinski definition) is 1. The molecular weight excluding hydrogens is 272 g/mol. The molecule has 1 saturated heterocycles. The first-order valence-electron chi connectivity index (χ1n) is 6.94. The van der Waals surface area contributed by atoms with Gasteiger partial charge in [-0.15, -0.1) is 0 Å². The number of hydrogen-bond acceptors (Lipinski definition) is 6. The highest BCUT2D eigenvalue weighted by atomic mass is 16.5. The van der Waals surface area contributed by atoms with Crippen molar-refractivity contribution in [2.75, 3.05) is 40.5 Å². The molecule has 1 unspecified atom stereocenters. The minimum Gasteiger partial charge on any atom is -0.493 e. The monoisotopic (exact) mass is 294 g/mol. The zero-order chi connectivity index (χ0) is 15.2. The van der Waals surface area contributed by atoms with Crippen molar-refractivity contribution in [2.24, 2.45) is 5.16 Å². The van der Waals surface area contributed by atoms with Gasteiger partial charge < -0.3 is 24.3 Å². The van der Waals surface area contributed by atoms with Crippen LogP contribution in [0, 0.1) is 0 Å². The van der Waals surface area contributed by atoms with Gasteiger partial charge in [-0.2, -0.15) is 0 Å². The molecule has 6 heteroatoms. The lowest BCUT2D eigenvalue weighted by Crippen LogP contribution is -2.42. The summed E-state index contributed by atoms with van der Waals surface area (Å²) in [5.74, 6) is 1.27. The molecule has 21 heavy (non-hydrogen) atoms. The zero-order valence-electron chi connectivity index (χ0n) is 12.7. The van der Waals surface area contributed by atoms with Crippen molar-refractivity contribution < 1.29 is 19.4 Å². The van der Waals surface area contributed by atoms with Crippen molar-refractivity contribution in [3.05, 3.63) is 23.8 Å². The summed E-state index contributed by atoms with van der Waals surface area (Å²) in [7, 11) is 3.66. The van der Waals surface area contributed by atoms with Gasteiger partial charge in [0.1, 0.15) is 12.7 Å². The summed E-state index contributed by atoms with van der Waals surface area (Å²) in [5.41, 5.74) is 1.31. The van der Waals surface area contributed by atoms with Gasteiger partial charge in [0, 0.05) is 18.7 Å². The van der Waals surface area contributed by atoms with E-state index in [0.29, 0.717) is 23.8 Å². The third-order valence-corrected chi connectivity index (χ3v) is 3.50. The molecule has 0 radical (unpaired) electrons. The normalized spacial score (nSPS) is 20.3. The first-order chi connectivity index (χ1) is 10.1. The van der Waals surface area contributed by atoms with E-state index in [1.54, 1.807) is 20.1 Å². The van der Waals surface area contributed by atoms with Crippen molar-refractivity contribution in [3.8, 4) is 11.5 Å². The van der Waals surface area contributed by atoms with Crippen molar-refractivity contribution in [2.45, 2.75) is 13.0 Å². The highest BCUT2D eigenvalue weighted by molar-refractivity contribution is 5.98. The van der Waals surface area contributed by atoms with Crippen LogP contribution in [0.2, 0.25) is 0 Å². The van der Waals surface area contributed by atoms with Gasteiger partial charge in [-0.05, 0) is 32.2 Å². The van der Waals surface area contributed by atoms with Crippen LogP contribution in [0.15, 0.2) is 23.4 Å². The molecule has 1 heterocycles. The molecule has 1 aromatic carbocycles. The summed E-state index contributed by atoms with van der Waals surface area (Å²) in [6, 6.07) is 5.44. The van der Waals surface area contributed by atoms with Crippen molar-refractivity contribution in [1.29, 1.82) is 0 Å². The second-order valence-electron chi connectivity index (χ2n) is 5.12. The first kappa shape index (κ1) is 15.6. The van der Waals surface area contributed by atoms with Crippen molar-refractivity contribution >= 4 is 5.71 Å². The van der Waals surface area contributed by atoms with E-state index in [1.807, 2.05) is 12.1 Å². The number of methoxy groups -OCH3 is 1. The molecule has 116 valence electrons. The van der Waals surface area contributed by atoms with Crippen LogP contribution < -0.4 is 9.47 Å². The molecule has 0 saturated carbocycles. The van der Waals surface area contributed by atoms with Crippen LogP contribution in [-0.4, -0.2) is 62.4 Å². The number of nitrogens with zero attached hydrogens (tertiary/aromatic N) is 2. The summed E-state index contributed by atoms with van der Waals surface area (Å²) >= 11 is 0. The Labute approximate surface area is 124 Å². The largest absolute Gasteiger partial charge is 0.493 e. The van der Waals surface area contributed by atoms with E-state index in [4.69, 9.17) is 19.4 Å². The van der Waals surface area contributed by atoms with E-state index in [9.17, 15) is 0 Å². The molecular formula is C15H22N2O4. The van der Waals surface area contributed by atoms with Gasteiger partial charge in [0.2, 0.25) is 0 Å². The van der Waals surface area contributed by atoms with Gasteiger partial charge >= 0.3 is 0 Å². The summed E-state index contributed by atoms with van der Waals surface area (Å²) in [6.07, 6.45) is 0.0638. The van der Waals surface area contributed by atoms with Gasteiger partial charge in [0.05, 0.1) is 19.4 Å². The summed E-state index contributed by atoms with van der Waals surface area (Å²) in [5, 5.41) is 12.0. The fraction of sp³-hybridized carbons (Fsp3) is 0.533. The van der Waals surface area contributed by atoms with Gasteiger partial charge in [0.15, 0.2) is 11.5 Å². The molecule has 0 bridgehead atoms. The van der Waals surface area contributed by atoms with Gasteiger partial charge in [-0.25, -0.2) is 0 Å². The molecule has 1 fully saturated rings. The number of rotatable bonds is 5. The number of morpholine rings is 1. The van der Waals surface area contributed by atoms with Crippen LogP contribution in [0.5, 0.6) is 11.5 Å². The average molecular weight is 294 g/mol. The zero-order valence-corrected chi connectivity index (χ0v) is 12.7. The Morgan fingerprint density at radius 2 is 2.29 bits per heavy atom. The quantitative estimate of drug-likeness (QED) is 0.508. The first-order valence-corrected chi connectivity index (χ1v) is 6.94. The highest BCUT2D eigenvalue weighted by Crippen LogP contribution is 2.28. The van der Waals surface area contributed by atoms with Crippen molar-refractivity contribution in [1.82, 2.24) is 4.90 Å². The Morgan fingerprint density at radius 3 is 2.95 bits per heavy atom. The second-order valence-corrected chi connectivity index (χ2v) is 5.12. The highest BCUT2D eigenvalue weighted by Gasteiger charge is 2.19. The summed E-state index contributed by atoms with van der Waals surface area (Å²) < 4.78 is 16.8. The van der Waals surface area contributed by atoms with Crippen LogP contribution in [-0.2, 0) is 4.74 Å². The van der Waals surface area contributed by atoms with Gasteiger partial charge in [-0.1, -0.05) is 5.16 Å². The predicted molar refractivity (Wildman–Crippen MR) is 79.7 cm³/mol. The Balaban J connectivity index is 2.02. The summed E-state index contributed by atoms with van der Waals surface area (Å²) in [4.78, 5) is 2.22. The van der Waals surface area contributed by atoms with Crippen LogP contribution in [0.3, 0.4) is 0 Å². The fourth-order valence-corrected chi connectivity index (χ4v) is 2.22. The Kier molecular flexibility index (Phi) is 5.41. The van der Waals surface area contributed by atoms with E-state index in [2.05, 4.69) is 17.1 Å². The second kappa shape index (κ2) is 7.28. The molecule has 1 atom stereocenters. The minimum absolute atomic E-state index is 0.0638. The topological polar surface area (TPSA) is 63.5 Å².